The van der Waals surface area contributed by atoms with Crippen LogP contribution in [-0.2, 0) is 14.8 Å². The standard InChI is InChI=1S/C24H30N6O4S/c1-5-29(24(2,3)4)35(32,33)18-8-6-17(7-9-18)27-22-21-19(10-12-26-23(21)31)30(28-22)20-15-34-13-11-16(20)14-25/h6-10,12,16,20H,5,11,13,15H2,1-4H3,(H,26,31)(H,27,28). The van der Waals surface area contributed by atoms with E-state index in [0.717, 1.165) is 0 Å². The zero-order chi connectivity index (χ0) is 25.4. The Morgan fingerprint density at radius 1 is 1.29 bits per heavy atom. The van der Waals surface area contributed by atoms with Crippen LogP contribution in [0, 0.1) is 17.2 Å². The van der Waals surface area contributed by atoms with Crippen LogP contribution in [0.4, 0.5) is 11.5 Å². The fourth-order valence-electron chi connectivity index (χ4n) is 4.53. The molecule has 2 aromatic heterocycles. The highest BCUT2D eigenvalue weighted by Crippen LogP contribution is 2.32. The van der Waals surface area contributed by atoms with E-state index >= 15 is 0 Å². The summed E-state index contributed by atoms with van der Waals surface area (Å²) in [6, 6.07) is 10.1. The van der Waals surface area contributed by atoms with Crippen LogP contribution in [0.3, 0.4) is 0 Å². The summed E-state index contributed by atoms with van der Waals surface area (Å²) in [5.41, 5.74) is 0.301. The third kappa shape index (κ3) is 4.69. The van der Waals surface area contributed by atoms with Gasteiger partial charge in [0.05, 0.1) is 35.0 Å². The van der Waals surface area contributed by atoms with Crippen LogP contribution < -0.4 is 10.9 Å². The van der Waals surface area contributed by atoms with Crippen LogP contribution in [0.25, 0.3) is 10.9 Å². The largest absolute Gasteiger partial charge is 0.379 e. The van der Waals surface area contributed by atoms with E-state index in [2.05, 4.69) is 21.5 Å². The second-order valence-electron chi connectivity index (χ2n) is 9.52. The third-order valence-electron chi connectivity index (χ3n) is 6.18. The Morgan fingerprint density at radius 3 is 2.63 bits per heavy atom. The number of anilines is 2. The van der Waals surface area contributed by atoms with Gasteiger partial charge in [-0.15, -0.1) is 0 Å². The molecular formula is C24H30N6O4S. The molecule has 10 nitrogen and oxygen atoms in total. The Hall–Kier alpha value is -3.20. The molecule has 0 aliphatic carbocycles. The summed E-state index contributed by atoms with van der Waals surface area (Å²) in [5, 5.41) is 17.8. The first-order valence-electron chi connectivity index (χ1n) is 11.5. The van der Waals surface area contributed by atoms with Crippen LogP contribution in [-0.4, -0.2) is 52.8 Å². The van der Waals surface area contributed by atoms with Gasteiger partial charge in [0.2, 0.25) is 10.0 Å². The monoisotopic (exact) mass is 498 g/mol. The summed E-state index contributed by atoms with van der Waals surface area (Å²) in [7, 11) is -3.67. The number of nitrogens with one attached hydrogen (secondary N) is 2. The molecule has 0 amide bonds. The van der Waals surface area contributed by atoms with E-state index < -0.39 is 15.6 Å². The second kappa shape index (κ2) is 9.45. The van der Waals surface area contributed by atoms with Crippen molar-refractivity contribution in [2.45, 2.75) is 50.6 Å². The molecular weight excluding hydrogens is 468 g/mol. The lowest BCUT2D eigenvalue weighted by atomic mass is 9.96. The molecule has 2 atom stereocenters. The Balaban J connectivity index is 1.69. The Labute approximate surface area is 204 Å². The molecule has 3 heterocycles. The Bertz CT molecular complexity index is 1410. The molecule has 1 saturated heterocycles. The summed E-state index contributed by atoms with van der Waals surface area (Å²) in [5.74, 6) is 0.0393. The maximum absolute atomic E-state index is 13.1. The minimum Gasteiger partial charge on any atom is -0.379 e. The van der Waals surface area contributed by atoms with E-state index in [0.29, 0.717) is 48.6 Å². The number of pyridine rings is 1. The highest BCUT2D eigenvalue weighted by molar-refractivity contribution is 7.89. The summed E-state index contributed by atoms with van der Waals surface area (Å²) in [4.78, 5) is 15.6. The normalized spacial score (nSPS) is 19.1. The molecule has 11 heteroatoms. The number of aromatic nitrogens is 3. The van der Waals surface area contributed by atoms with Crippen LogP contribution in [0.2, 0.25) is 0 Å². The molecule has 1 aliphatic rings. The van der Waals surface area contributed by atoms with Crippen molar-refractivity contribution in [2.75, 3.05) is 25.1 Å². The summed E-state index contributed by atoms with van der Waals surface area (Å²) < 4.78 is 35.0. The molecule has 1 aliphatic heterocycles. The Morgan fingerprint density at radius 2 is 2.00 bits per heavy atom. The molecule has 4 rings (SSSR count). The lowest BCUT2D eigenvalue weighted by Crippen LogP contribution is -2.45. The van der Waals surface area contributed by atoms with Gasteiger partial charge in [-0.1, -0.05) is 6.92 Å². The number of benzene rings is 1. The van der Waals surface area contributed by atoms with Crippen LogP contribution >= 0.6 is 0 Å². The third-order valence-corrected chi connectivity index (χ3v) is 8.43. The van der Waals surface area contributed by atoms with E-state index in [1.807, 2.05) is 27.7 Å². The van der Waals surface area contributed by atoms with E-state index in [-0.39, 0.29) is 22.4 Å². The molecule has 0 bridgehead atoms. The van der Waals surface area contributed by atoms with Crippen molar-refractivity contribution in [3.8, 4) is 6.07 Å². The quantitative estimate of drug-likeness (QED) is 0.532. The average molecular weight is 499 g/mol. The molecule has 0 saturated carbocycles. The molecule has 1 aromatic carbocycles. The maximum Gasteiger partial charge on any atom is 0.261 e. The van der Waals surface area contributed by atoms with Crippen molar-refractivity contribution in [1.29, 1.82) is 5.26 Å². The van der Waals surface area contributed by atoms with Crippen LogP contribution in [0.15, 0.2) is 46.2 Å². The highest BCUT2D eigenvalue weighted by atomic mass is 32.2. The van der Waals surface area contributed by atoms with Crippen molar-refractivity contribution in [3.05, 3.63) is 46.9 Å². The number of rotatable bonds is 6. The second-order valence-corrected chi connectivity index (χ2v) is 11.4. The molecule has 0 radical (unpaired) electrons. The number of nitriles is 1. The van der Waals surface area contributed by atoms with E-state index in [1.54, 1.807) is 29.1 Å². The van der Waals surface area contributed by atoms with Crippen molar-refractivity contribution in [1.82, 2.24) is 19.1 Å². The molecule has 186 valence electrons. The van der Waals surface area contributed by atoms with Gasteiger partial charge in [-0.3, -0.25) is 9.48 Å². The first-order valence-corrected chi connectivity index (χ1v) is 13.0. The van der Waals surface area contributed by atoms with Crippen molar-refractivity contribution in [2.24, 2.45) is 5.92 Å². The summed E-state index contributed by atoms with van der Waals surface area (Å²) in [6.45, 7) is 8.58. The highest BCUT2D eigenvalue weighted by Gasteiger charge is 2.33. The van der Waals surface area contributed by atoms with Gasteiger partial charge < -0.3 is 15.0 Å². The molecule has 1 fully saturated rings. The van der Waals surface area contributed by atoms with Gasteiger partial charge in [0.25, 0.3) is 5.56 Å². The molecule has 2 N–H and O–H groups in total. The van der Waals surface area contributed by atoms with Crippen LogP contribution in [0.5, 0.6) is 0 Å². The molecule has 35 heavy (non-hydrogen) atoms. The van der Waals surface area contributed by atoms with Gasteiger partial charge in [0, 0.05) is 30.6 Å². The van der Waals surface area contributed by atoms with Gasteiger partial charge in [0.15, 0.2) is 5.82 Å². The van der Waals surface area contributed by atoms with E-state index in [9.17, 15) is 18.5 Å². The number of fused-ring (bicyclic) bond motifs is 1. The number of H-pyrrole nitrogens is 1. The zero-order valence-electron chi connectivity index (χ0n) is 20.3. The van der Waals surface area contributed by atoms with Crippen LogP contribution in [0.1, 0.15) is 40.2 Å². The fraction of sp³-hybridized carbons (Fsp3) is 0.458. The summed E-state index contributed by atoms with van der Waals surface area (Å²) >= 11 is 0. The van der Waals surface area contributed by atoms with Gasteiger partial charge in [-0.25, -0.2) is 8.42 Å². The lowest BCUT2D eigenvalue weighted by molar-refractivity contribution is 0.0359. The maximum atomic E-state index is 13.1. The minimum absolute atomic E-state index is 0.185. The smallest absolute Gasteiger partial charge is 0.261 e. The van der Waals surface area contributed by atoms with Gasteiger partial charge in [-0.05, 0) is 57.5 Å². The number of sulfonamides is 1. The lowest BCUT2D eigenvalue weighted by Gasteiger charge is -2.33. The predicted octanol–water partition coefficient (Wildman–Crippen LogP) is 3.38. The first-order chi connectivity index (χ1) is 16.6. The van der Waals surface area contributed by atoms with Gasteiger partial charge in [0.1, 0.15) is 5.39 Å². The SMILES string of the molecule is CCN(C(C)(C)C)S(=O)(=O)c1ccc(Nc2nn(C3COCCC3C#N)c3cc[nH]c(=O)c23)cc1. The fourth-order valence-corrected chi connectivity index (χ4v) is 6.33. The molecule has 2 unspecified atom stereocenters. The topological polar surface area (TPSA) is 133 Å². The van der Waals surface area contributed by atoms with Crippen molar-refractivity contribution < 1.29 is 13.2 Å². The van der Waals surface area contributed by atoms with E-state index in [4.69, 9.17) is 4.74 Å². The number of hydrogen-bond donors (Lipinski definition) is 2. The van der Waals surface area contributed by atoms with Crippen molar-refractivity contribution in [3.63, 3.8) is 0 Å². The Kier molecular flexibility index (Phi) is 6.73. The molecule has 0 spiro atoms. The average Bonchev–Trinajstić information content (AvgIpc) is 3.18. The van der Waals surface area contributed by atoms with E-state index in [1.165, 1.54) is 16.4 Å². The zero-order valence-corrected chi connectivity index (χ0v) is 21.1. The van der Waals surface area contributed by atoms with Gasteiger partial charge >= 0.3 is 0 Å². The van der Waals surface area contributed by atoms with Crippen molar-refractivity contribution >= 4 is 32.4 Å². The summed E-state index contributed by atoms with van der Waals surface area (Å²) in [6.07, 6.45) is 2.14. The number of nitrogens with zero attached hydrogens (tertiary/aromatic N) is 4. The number of ether oxygens (including phenoxy) is 1. The number of aromatic amines is 1. The first kappa shape index (κ1) is 24.9. The predicted molar refractivity (Wildman–Crippen MR) is 133 cm³/mol. The minimum atomic E-state index is -3.67. The number of hydrogen-bond acceptors (Lipinski definition) is 7. The van der Waals surface area contributed by atoms with Gasteiger partial charge in [-0.2, -0.15) is 14.7 Å². The molecule has 3 aromatic rings.